The van der Waals surface area contributed by atoms with Crippen LogP contribution in [-0.4, -0.2) is 17.5 Å². The number of nitrogens with zero attached hydrogens (tertiary/aromatic N) is 1. The molecule has 0 saturated heterocycles. The summed E-state index contributed by atoms with van der Waals surface area (Å²) in [6, 6.07) is 20.3. The number of nitrogens with one attached hydrogen (secondary N) is 2. The molecule has 1 aromatic heterocycles. The summed E-state index contributed by atoms with van der Waals surface area (Å²) in [7, 11) is 0. The summed E-state index contributed by atoms with van der Waals surface area (Å²) in [4.78, 5) is 24.1. The number of anilines is 1. The average Bonchev–Trinajstić information content (AvgIpc) is 3.26. The van der Waals surface area contributed by atoms with E-state index >= 15 is 0 Å². The standard InChI is InChI=1S/C22H21N3O3/c1-16(24-25-21(26)13-12-17-7-3-2-4-8-17)18-9-5-10-19(15-18)23-22(27)20-11-6-14-28-20/h2-11,14-15H,12-13H2,1H3,(H,23,27)(H,25,26)/b24-16+. The molecule has 0 bridgehead atoms. The first-order valence-corrected chi connectivity index (χ1v) is 8.94. The van der Waals surface area contributed by atoms with Gasteiger partial charge >= 0.3 is 0 Å². The summed E-state index contributed by atoms with van der Waals surface area (Å²) < 4.78 is 5.08. The zero-order valence-electron chi connectivity index (χ0n) is 15.5. The molecule has 2 aromatic carbocycles. The first-order valence-electron chi connectivity index (χ1n) is 8.94. The van der Waals surface area contributed by atoms with E-state index in [2.05, 4.69) is 15.8 Å². The second-order valence-electron chi connectivity index (χ2n) is 6.23. The van der Waals surface area contributed by atoms with Gasteiger partial charge in [-0.25, -0.2) is 5.43 Å². The van der Waals surface area contributed by atoms with Gasteiger partial charge in [0.05, 0.1) is 12.0 Å². The number of benzene rings is 2. The molecule has 0 atom stereocenters. The summed E-state index contributed by atoms with van der Waals surface area (Å²) in [5.41, 5.74) is 5.74. The number of hydrazone groups is 1. The minimum atomic E-state index is -0.328. The molecule has 0 radical (unpaired) electrons. The van der Waals surface area contributed by atoms with E-state index in [9.17, 15) is 9.59 Å². The molecule has 0 unspecified atom stereocenters. The van der Waals surface area contributed by atoms with Crippen LogP contribution in [0.5, 0.6) is 0 Å². The second-order valence-corrected chi connectivity index (χ2v) is 6.23. The predicted molar refractivity (Wildman–Crippen MR) is 108 cm³/mol. The van der Waals surface area contributed by atoms with Crippen LogP contribution in [0.15, 0.2) is 82.5 Å². The molecule has 0 saturated carbocycles. The fourth-order valence-corrected chi connectivity index (χ4v) is 2.59. The van der Waals surface area contributed by atoms with Gasteiger partial charge in [0.1, 0.15) is 0 Å². The van der Waals surface area contributed by atoms with Crippen molar-refractivity contribution in [1.29, 1.82) is 0 Å². The molecule has 3 rings (SSSR count). The third kappa shape index (κ3) is 5.41. The Balaban J connectivity index is 1.56. The van der Waals surface area contributed by atoms with Crippen molar-refractivity contribution in [3.63, 3.8) is 0 Å². The molecule has 0 spiro atoms. The quantitative estimate of drug-likeness (QED) is 0.483. The molecule has 28 heavy (non-hydrogen) atoms. The SMILES string of the molecule is C/C(=N\NC(=O)CCc1ccccc1)c1cccc(NC(=O)c2ccco2)c1. The molecule has 142 valence electrons. The Labute approximate surface area is 163 Å². The van der Waals surface area contributed by atoms with E-state index in [4.69, 9.17) is 4.42 Å². The number of hydrogen-bond donors (Lipinski definition) is 2. The number of carbonyl (C=O) groups excluding carboxylic acids is 2. The molecule has 0 aliphatic rings. The Morgan fingerprint density at radius 3 is 2.57 bits per heavy atom. The van der Waals surface area contributed by atoms with Crippen LogP contribution in [-0.2, 0) is 11.2 Å². The highest BCUT2D eigenvalue weighted by atomic mass is 16.3. The largest absolute Gasteiger partial charge is 0.459 e. The Kier molecular flexibility index (Phi) is 6.36. The monoisotopic (exact) mass is 375 g/mol. The van der Waals surface area contributed by atoms with Crippen molar-refractivity contribution < 1.29 is 14.0 Å². The van der Waals surface area contributed by atoms with Crippen LogP contribution in [0.2, 0.25) is 0 Å². The highest BCUT2D eigenvalue weighted by Gasteiger charge is 2.09. The lowest BCUT2D eigenvalue weighted by Gasteiger charge is -2.07. The van der Waals surface area contributed by atoms with E-state index in [0.29, 0.717) is 24.2 Å². The van der Waals surface area contributed by atoms with Crippen LogP contribution < -0.4 is 10.7 Å². The maximum Gasteiger partial charge on any atom is 0.291 e. The van der Waals surface area contributed by atoms with Crippen molar-refractivity contribution in [2.24, 2.45) is 5.10 Å². The van der Waals surface area contributed by atoms with E-state index in [1.54, 1.807) is 31.2 Å². The van der Waals surface area contributed by atoms with Crippen molar-refractivity contribution in [3.05, 3.63) is 89.9 Å². The van der Waals surface area contributed by atoms with Gasteiger partial charge in [-0.1, -0.05) is 42.5 Å². The van der Waals surface area contributed by atoms with Gasteiger partial charge in [-0.05, 0) is 48.7 Å². The Morgan fingerprint density at radius 2 is 1.82 bits per heavy atom. The van der Waals surface area contributed by atoms with Crippen LogP contribution in [0.3, 0.4) is 0 Å². The summed E-state index contributed by atoms with van der Waals surface area (Å²) >= 11 is 0. The van der Waals surface area contributed by atoms with Gasteiger partial charge in [0.2, 0.25) is 5.91 Å². The van der Waals surface area contributed by atoms with Gasteiger partial charge in [0, 0.05) is 12.1 Å². The maximum absolute atomic E-state index is 12.1. The summed E-state index contributed by atoms with van der Waals surface area (Å²) in [6.45, 7) is 1.80. The second kappa shape index (κ2) is 9.32. The lowest BCUT2D eigenvalue weighted by molar-refractivity contribution is -0.121. The van der Waals surface area contributed by atoms with Crippen molar-refractivity contribution >= 4 is 23.2 Å². The number of aryl methyl sites for hydroxylation is 1. The molecular weight excluding hydrogens is 354 g/mol. The van der Waals surface area contributed by atoms with E-state index in [-0.39, 0.29) is 17.6 Å². The smallest absolute Gasteiger partial charge is 0.291 e. The fraction of sp³-hybridized carbons (Fsp3) is 0.136. The number of carbonyl (C=O) groups is 2. The Morgan fingerprint density at radius 1 is 1.00 bits per heavy atom. The van der Waals surface area contributed by atoms with Crippen LogP contribution in [0, 0.1) is 0 Å². The van der Waals surface area contributed by atoms with Gasteiger partial charge in [-0.3, -0.25) is 9.59 Å². The average molecular weight is 375 g/mol. The lowest BCUT2D eigenvalue weighted by Crippen LogP contribution is -2.19. The molecular formula is C22H21N3O3. The first kappa shape index (κ1) is 19.1. The zero-order valence-corrected chi connectivity index (χ0v) is 15.5. The highest BCUT2D eigenvalue weighted by molar-refractivity contribution is 6.04. The molecule has 3 aromatic rings. The van der Waals surface area contributed by atoms with Crippen LogP contribution in [0.25, 0.3) is 0 Å². The molecule has 1 heterocycles. The van der Waals surface area contributed by atoms with Gasteiger partial charge in [0.25, 0.3) is 5.91 Å². The molecule has 6 heteroatoms. The normalized spacial score (nSPS) is 11.1. The lowest BCUT2D eigenvalue weighted by atomic mass is 10.1. The van der Waals surface area contributed by atoms with Crippen molar-refractivity contribution in [3.8, 4) is 0 Å². The van der Waals surface area contributed by atoms with Crippen LogP contribution >= 0.6 is 0 Å². The topological polar surface area (TPSA) is 83.7 Å². The van der Waals surface area contributed by atoms with Crippen molar-refractivity contribution in [2.75, 3.05) is 5.32 Å². The molecule has 0 aliphatic carbocycles. The Bertz CT molecular complexity index is 964. The molecule has 0 fully saturated rings. The first-order chi connectivity index (χ1) is 13.6. The summed E-state index contributed by atoms with van der Waals surface area (Å²) in [5, 5.41) is 6.93. The molecule has 2 amide bonds. The van der Waals surface area contributed by atoms with Gasteiger partial charge in [-0.2, -0.15) is 5.10 Å². The van der Waals surface area contributed by atoms with Gasteiger partial charge < -0.3 is 9.73 Å². The van der Waals surface area contributed by atoms with Crippen molar-refractivity contribution in [2.45, 2.75) is 19.8 Å². The van der Waals surface area contributed by atoms with E-state index in [0.717, 1.165) is 11.1 Å². The number of furan rings is 1. The van der Waals surface area contributed by atoms with Gasteiger partial charge in [-0.15, -0.1) is 0 Å². The zero-order chi connectivity index (χ0) is 19.8. The van der Waals surface area contributed by atoms with Crippen LogP contribution in [0.1, 0.15) is 35.0 Å². The molecule has 0 aliphatic heterocycles. The molecule has 6 nitrogen and oxygen atoms in total. The fourth-order valence-electron chi connectivity index (χ4n) is 2.59. The van der Waals surface area contributed by atoms with E-state index < -0.39 is 0 Å². The Hall–Kier alpha value is -3.67. The molecule has 2 N–H and O–H groups in total. The van der Waals surface area contributed by atoms with E-state index in [1.165, 1.54) is 6.26 Å². The van der Waals surface area contributed by atoms with Crippen molar-refractivity contribution in [1.82, 2.24) is 5.43 Å². The number of hydrogen-bond acceptors (Lipinski definition) is 4. The predicted octanol–water partition coefficient (Wildman–Crippen LogP) is 4.00. The number of amides is 2. The van der Waals surface area contributed by atoms with Gasteiger partial charge in [0.15, 0.2) is 5.76 Å². The minimum Gasteiger partial charge on any atom is -0.459 e. The number of rotatable bonds is 7. The van der Waals surface area contributed by atoms with E-state index in [1.807, 2.05) is 42.5 Å². The minimum absolute atomic E-state index is 0.148. The third-order valence-corrected chi connectivity index (χ3v) is 4.12. The summed E-state index contributed by atoms with van der Waals surface area (Å²) in [5.74, 6) is -0.238. The highest BCUT2D eigenvalue weighted by Crippen LogP contribution is 2.13. The maximum atomic E-state index is 12.1. The third-order valence-electron chi connectivity index (χ3n) is 4.12. The van der Waals surface area contributed by atoms with Crippen LogP contribution in [0.4, 0.5) is 5.69 Å². The summed E-state index contributed by atoms with van der Waals surface area (Å²) in [6.07, 6.45) is 2.47.